The molecule has 0 radical (unpaired) electrons. The molecule has 0 aliphatic heterocycles. The summed E-state index contributed by atoms with van der Waals surface area (Å²) in [6.07, 6.45) is 0. The van der Waals surface area contributed by atoms with Crippen LogP contribution in [0.4, 0.5) is 11.6 Å². The number of aromatic nitrogens is 4. The molecule has 24 heavy (non-hydrogen) atoms. The van der Waals surface area contributed by atoms with Gasteiger partial charge in [-0.3, -0.25) is 4.79 Å². The Kier molecular flexibility index (Phi) is 4.19. The average Bonchev–Trinajstić information content (AvgIpc) is 3.01. The highest BCUT2D eigenvalue weighted by Gasteiger charge is 2.12. The lowest BCUT2D eigenvalue weighted by molar-refractivity contribution is 0.102. The van der Waals surface area contributed by atoms with Crippen LogP contribution in [-0.4, -0.2) is 33.1 Å². The number of nitrogens with zero attached hydrogens (tertiary/aromatic N) is 4. The quantitative estimate of drug-likeness (QED) is 0.759. The lowest BCUT2D eigenvalue weighted by Crippen LogP contribution is -2.15. The molecule has 0 spiro atoms. The summed E-state index contributed by atoms with van der Waals surface area (Å²) < 4.78 is 4.98. The molecule has 0 saturated heterocycles. The van der Waals surface area contributed by atoms with E-state index in [1.807, 2.05) is 6.07 Å². The van der Waals surface area contributed by atoms with Crippen LogP contribution >= 0.6 is 0 Å². The topological polar surface area (TPSA) is 106 Å². The summed E-state index contributed by atoms with van der Waals surface area (Å²) in [5, 5.41) is 9.51. The Labute approximate surface area is 138 Å². The molecule has 0 fully saturated rings. The first-order valence-electron chi connectivity index (χ1n) is 7.30. The number of rotatable bonds is 4. The van der Waals surface area contributed by atoms with Crippen LogP contribution < -0.4 is 10.6 Å². The maximum atomic E-state index is 12.4. The molecule has 122 valence electrons. The molecule has 0 bridgehead atoms. The fraction of sp³-hybridized carbons (Fsp3) is 0.188. The summed E-state index contributed by atoms with van der Waals surface area (Å²) in [6.45, 7) is 3.53. The second kappa shape index (κ2) is 6.45. The van der Waals surface area contributed by atoms with E-state index in [2.05, 4.69) is 30.7 Å². The van der Waals surface area contributed by atoms with E-state index in [1.54, 1.807) is 45.2 Å². The van der Waals surface area contributed by atoms with Crippen molar-refractivity contribution in [3.05, 3.63) is 47.6 Å². The molecule has 0 unspecified atom stereocenters. The summed E-state index contributed by atoms with van der Waals surface area (Å²) in [6, 6.07) is 8.83. The van der Waals surface area contributed by atoms with Crippen LogP contribution in [0.3, 0.4) is 0 Å². The average molecular weight is 324 g/mol. The van der Waals surface area contributed by atoms with E-state index in [1.165, 1.54) is 0 Å². The number of amides is 1. The molecule has 8 heteroatoms. The molecule has 0 aliphatic carbocycles. The molecule has 2 N–H and O–H groups in total. The SMILES string of the molecule is CNc1nc(C)cc(C(=O)Nc2cccc(-c3noc(C)n3)c2)n1. The number of aryl methyl sites for hydroxylation is 2. The molecule has 0 atom stereocenters. The number of hydrogen-bond acceptors (Lipinski definition) is 7. The molecule has 1 aromatic carbocycles. The number of nitrogens with one attached hydrogen (secondary N) is 2. The molecule has 0 saturated carbocycles. The number of anilines is 2. The number of hydrogen-bond donors (Lipinski definition) is 2. The minimum atomic E-state index is -0.321. The molecule has 0 aliphatic rings. The predicted molar refractivity (Wildman–Crippen MR) is 88.7 cm³/mol. The number of carbonyl (C=O) groups is 1. The largest absolute Gasteiger partial charge is 0.357 e. The molecule has 8 nitrogen and oxygen atoms in total. The number of carbonyl (C=O) groups excluding carboxylic acids is 1. The third-order valence-electron chi connectivity index (χ3n) is 3.22. The van der Waals surface area contributed by atoms with Crippen LogP contribution in [0.1, 0.15) is 22.1 Å². The van der Waals surface area contributed by atoms with Gasteiger partial charge < -0.3 is 15.2 Å². The van der Waals surface area contributed by atoms with E-state index in [4.69, 9.17) is 4.52 Å². The standard InChI is InChI=1S/C16H16N6O2/c1-9-7-13(21-16(17-3)18-9)15(23)20-12-6-4-5-11(8-12)14-19-10(2)24-22-14/h4-8H,1-3H3,(H,20,23)(H,17,18,21). The van der Waals surface area contributed by atoms with E-state index in [0.29, 0.717) is 29.0 Å². The normalized spacial score (nSPS) is 10.5. The molecule has 1 amide bonds. The third kappa shape index (κ3) is 3.37. The van der Waals surface area contributed by atoms with Crippen molar-refractivity contribution in [1.82, 2.24) is 20.1 Å². The summed E-state index contributed by atoms with van der Waals surface area (Å²) in [7, 11) is 1.70. The van der Waals surface area contributed by atoms with Gasteiger partial charge in [-0.15, -0.1) is 0 Å². The Balaban J connectivity index is 1.83. The highest BCUT2D eigenvalue weighted by Crippen LogP contribution is 2.20. The van der Waals surface area contributed by atoms with Crippen molar-refractivity contribution < 1.29 is 9.32 Å². The van der Waals surface area contributed by atoms with Crippen LogP contribution in [0, 0.1) is 13.8 Å². The van der Waals surface area contributed by atoms with Gasteiger partial charge in [0, 0.05) is 30.9 Å². The molecule has 3 rings (SSSR count). The molecular formula is C16H16N6O2. The first kappa shape index (κ1) is 15.6. The smallest absolute Gasteiger partial charge is 0.274 e. The lowest BCUT2D eigenvalue weighted by Gasteiger charge is -2.07. The van der Waals surface area contributed by atoms with Gasteiger partial charge in [0.2, 0.25) is 17.7 Å². The molecule has 3 aromatic rings. The summed E-state index contributed by atoms with van der Waals surface area (Å²) in [4.78, 5) is 24.9. The van der Waals surface area contributed by atoms with Crippen LogP contribution in [0.15, 0.2) is 34.9 Å². The zero-order valence-electron chi connectivity index (χ0n) is 13.5. The maximum Gasteiger partial charge on any atom is 0.274 e. The third-order valence-corrected chi connectivity index (χ3v) is 3.22. The second-order valence-electron chi connectivity index (χ2n) is 5.14. The van der Waals surface area contributed by atoms with Gasteiger partial charge in [0.15, 0.2) is 0 Å². The van der Waals surface area contributed by atoms with Crippen molar-refractivity contribution in [2.45, 2.75) is 13.8 Å². The molecule has 2 aromatic heterocycles. The van der Waals surface area contributed by atoms with E-state index < -0.39 is 0 Å². The van der Waals surface area contributed by atoms with E-state index in [0.717, 1.165) is 5.56 Å². The lowest BCUT2D eigenvalue weighted by atomic mass is 10.2. The van der Waals surface area contributed by atoms with Crippen molar-refractivity contribution in [2.75, 3.05) is 17.7 Å². The zero-order valence-corrected chi connectivity index (χ0v) is 13.5. The predicted octanol–water partition coefficient (Wildman–Crippen LogP) is 2.44. The first-order valence-corrected chi connectivity index (χ1v) is 7.30. The zero-order chi connectivity index (χ0) is 17.1. The highest BCUT2D eigenvalue weighted by atomic mass is 16.5. The van der Waals surface area contributed by atoms with Crippen LogP contribution in [0.25, 0.3) is 11.4 Å². The molecular weight excluding hydrogens is 308 g/mol. The Morgan fingerprint density at radius 3 is 2.67 bits per heavy atom. The minimum Gasteiger partial charge on any atom is -0.357 e. The Morgan fingerprint density at radius 1 is 1.12 bits per heavy atom. The molecule has 2 heterocycles. The van der Waals surface area contributed by atoms with E-state index in [-0.39, 0.29) is 11.6 Å². The van der Waals surface area contributed by atoms with Crippen molar-refractivity contribution in [3.63, 3.8) is 0 Å². The van der Waals surface area contributed by atoms with Gasteiger partial charge in [-0.05, 0) is 25.1 Å². The first-order chi connectivity index (χ1) is 11.5. The van der Waals surface area contributed by atoms with E-state index >= 15 is 0 Å². The summed E-state index contributed by atoms with van der Waals surface area (Å²) in [5.74, 6) is 1.03. The van der Waals surface area contributed by atoms with Crippen molar-refractivity contribution in [3.8, 4) is 11.4 Å². The maximum absolute atomic E-state index is 12.4. The van der Waals surface area contributed by atoms with Gasteiger partial charge in [0.1, 0.15) is 5.69 Å². The Hall–Kier alpha value is -3.29. The van der Waals surface area contributed by atoms with Gasteiger partial charge >= 0.3 is 0 Å². The highest BCUT2D eigenvalue weighted by molar-refractivity contribution is 6.03. The Bertz CT molecular complexity index is 890. The summed E-state index contributed by atoms with van der Waals surface area (Å²) >= 11 is 0. The monoisotopic (exact) mass is 324 g/mol. The van der Waals surface area contributed by atoms with Crippen LogP contribution in [0.2, 0.25) is 0 Å². The van der Waals surface area contributed by atoms with Gasteiger partial charge in [-0.2, -0.15) is 4.98 Å². The van der Waals surface area contributed by atoms with Gasteiger partial charge in [0.05, 0.1) is 0 Å². The van der Waals surface area contributed by atoms with Crippen molar-refractivity contribution in [1.29, 1.82) is 0 Å². The van der Waals surface area contributed by atoms with Gasteiger partial charge in [0.25, 0.3) is 5.91 Å². The van der Waals surface area contributed by atoms with Crippen molar-refractivity contribution in [2.24, 2.45) is 0 Å². The number of benzene rings is 1. The van der Waals surface area contributed by atoms with Crippen LogP contribution in [0.5, 0.6) is 0 Å². The Morgan fingerprint density at radius 2 is 1.96 bits per heavy atom. The van der Waals surface area contributed by atoms with Crippen molar-refractivity contribution >= 4 is 17.5 Å². The second-order valence-corrected chi connectivity index (χ2v) is 5.14. The summed E-state index contributed by atoms with van der Waals surface area (Å²) in [5.41, 5.74) is 2.35. The van der Waals surface area contributed by atoms with Gasteiger partial charge in [-0.1, -0.05) is 17.3 Å². The van der Waals surface area contributed by atoms with E-state index in [9.17, 15) is 4.79 Å². The van der Waals surface area contributed by atoms with Crippen LogP contribution in [-0.2, 0) is 0 Å². The fourth-order valence-electron chi connectivity index (χ4n) is 2.14. The fourth-order valence-corrected chi connectivity index (χ4v) is 2.14. The minimum absolute atomic E-state index is 0.285. The van der Waals surface area contributed by atoms with Gasteiger partial charge in [-0.25, -0.2) is 9.97 Å².